The van der Waals surface area contributed by atoms with Crippen LogP contribution in [0.1, 0.15) is 27.0 Å². The van der Waals surface area contributed by atoms with Gasteiger partial charge in [-0.1, -0.05) is 97.1 Å². The second-order valence-corrected chi connectivity index (χ2v) is 6.87. The van der Waals surface area contributed by atoms with Crippen LogP contribution in [0.3, 0.4) is 0 Å². The molecule has 0 saturated carbocycles. The molecule has 0 saturated heterocycles. The molecular formula is C26H18O3. The van der Waals surface area contributed by atoms with E-state index in [4.69, 9.17) is 9.47 Å². The Kier molecular flexibility index (Phi) is 4.14. The highest BCUT2D eigenvalue weighted by Crippen LogP contribution is 2.48. The predicted molar refractivity (Wildman–Crippen MR) is 111 cm³/mol. The summed E-state index contributed by atoms with van der Waals surface area (Å²) in [4.78, 5) is 13.4. The number of carbonyl (C=O) groups excluding carboxylic acids is 1. The van der Waals surface area contributed by atoms with Crippen LogP contribution in [0.4, 0.5) is 0 Å². The molecule has 3 nitrogen and oxygen atoms in total. The second-order valence-electron chi connectivity index (χ2n) is 6.87. The summed E-state index contributed by atoms with van der Waals surface area (Å²) in [5, 5.41) is 0. The van der Waals surface area contributed by atoms with E-state index in [1.165, 1.54) is 0 Å². The molecule has 29 heavy (non-hydrogen) atoms. The lowest BCUT2D eigenvalue weighted by molar-refractivity contribution is -0.0463. The van der Waals surface area contributed by atoms with Crippen molar-refractivity contribution >= 4 is 5.78 Å². The Balaban J connectivity index is 1.71. The lowest BCUT2D eigenvalue weighted by Gasteiger charge is -2.30. The van der Waals surface area contributed by atoms with E-state index in [0.29, 0.717) is 28.2 Å². The van der Waals surface area contributed by atoms with Gasteiger partial charge >= 0.3 is 5.79 Å². The Morgan fingerprint density at radius 3 is 1.76 bits per heavy atom. The van der Waals surface area contributed by atoms with Crippen LogP contribution in [-0.4, -0.2) is 5.78 Å². The smallest absolute Gasteiger partial charge is 0.306 e. The first-order valence-corrected chi connectivity index (χ1v) is 9.50. The SMILES string of the molecule is O=C(c1ccccc1)c1ccccc1C1(c2ccccc2)Oc2ccccc2O1. The average molecular weight is 378 g/mol. The Hall–Kier alpha value is -3.85. The highest BCUT2D eigenvalue weighted by atomic mass is 16.7. The van der Waals surface area contributed by atoms with Crippen molar-refractivity contribution in [2.75, 3.05) is 0 Å². The Morgan fingerprint density at radius 1 is 0.586 bits per heavy atom. The molecule has 0 atom stereocenters. The molecule has 0 N–H and O–H groups in total. The van der Waals surface area contributed by atoms with Gasteiger partial charge in [-0.3, -0.25) is 4.79 Å². The largest absolute Gasteiger partial charge is 0.440 e. The van der Waals surface area contributed by atoms with Crippen molar-refractivity contribution in [3.8, 4) is 11.5 Å². The average Bonchev–Trinajstić information content (AvgIpc) is 3.20. The van der Waals surface area contributed by atoms with Crippen molar-refractivity contribution in [1.82, 2.24) is 0 Å². The molecule has 1 aliphatic heterocycles. The van der Waals surface area contributed by atoms with Gasteiger partial charge in [0.05, 0.1) is 5.56 Å². The number of carbonyl (C=O) groups is 1. The Morgan fingerprint density at radius 2 is 1.10 bits per heavy atom. The minimum atomic E-state index is -1.23. The minimum Gasteiger partial charge on any atom is -0.440 e. The molecule has 4 aromatic rings. The van der Waals surface area contributed by atoms with Gasteiger partial charge in [-0.25, -0.2) is 0 Å². The molecule has 3 heteroatoms. The summed E-state index contributed by atoms with van der Waals surface area (Å²) in [7, 11) is 0. The van der Waals surface area contributed by atoms with Crippen molar-refractivity contribution < 1.29 is 14.3 Å². The van der Waals surface area contributed by atoms with E-state index in [9.17, 15) is 4.79 Å². The fourth-order valence-corrected chi connectivity index (χ4v) is 3.70. The standard InChI is InChI=1S/C26H18O3/c27-25(19-11-3-1-4-12-19)21-15-7-8-16-22(21)26(20-13-5-2-6-14-20)28-23-17-9-10-18-24(23)29-26/h1-18H. The number of ketones is 1. The number of hydrogen-bond donors (Lipinski definition) is 0. The highest BCUT2D eigenvalue weighted by Gasteiger charge is 2.47. The van der Waals surface area contributed by atoms with Crippen LogP contribution in [0.5, 0.6) is 11.5 Å². The molecule has 0 aromatic heterocycles. The van der Waals surface area contributed by atoms with Crippen molar-refractivity contribution in [1.29, 1.82) is 0 Å². The molecule has 0 radical (unpaired) electrons. The fraction of sp³-hybridized carbons (Fsp3) is 0.0385. The molecule has 0 amide bonds. The zero-order valence-electron chi connectivity index (χ0n) is 15.6. The van der Waals surface area contributed by atoms with Crippen LogP contribution >= 0.6 is 0 Å². The summed E-state index contributed by atoms with van der Waals surface area (Å²) in [5.41, 5.74) is 2.68. The van der Waals surface area contributed by atoms with Gasteiger partial charge in [0.2, 0.25) is 0 Å². The molecule has 5 rings (SSSR count). The molecule has 0 spiro atoms. The molecular weight excluding hydrogens is 360 g/mol. The van der Waals surface area contributed by atoms with E-state index in [0.717, 1.165) is 5.56 Å². The van der Waals surface area contributed by atoms with Gasteiger partial charge in [0, 0.05) is 16.7 Å². The van der Waals surface area contributed by atoms with Crippen molar-refractivity contribution in [2.24, 2.45) is 0 Å². The Labute approximate surface area is 169 Å². The van der Waals surface area contributed by atoms with Gasteiger partial charge < -0.3 is 9.47 Å². The lowest BCUT2D eigenvalue weighted by Crippen LogP contribution is -2.38. The van der Waals surface area contributed by atoms with Crippen LogP contribution in [-0.2, 0) is 5.79 Å². The third-order valence-corrected chi connectivity index (χ3v) is 5.07. The monoisotopic (exact) mass is 378 g/mol. The maximum absolute atomic E-state index is 13.4. The van der Waals surface area contributed by atoms with E-state index in [2.05, 4.69) is 0 Å². The van der Waals surface area contributed by atoms with E-state index in [-0.39, 0.29) is 5.78 Å². The second kappa shape index (κ2) is 6.95. The van der Waals surface area contributed by atoms with Gasteiger partial charge in [-0.15, -0.1) is 0 Å². The number of hydrogen-bond acceptors (Lipinski definition) is 3. The number of fused-ring (bicyclic) bond motifs is 1. The van der Waals surface area contributed by atoms with Crippen molar-refractivity contribution in [2.45, 2.75) is 5.79 Å². The zero-order chi connectivity index (χ0) is 19.7. The topological polar surface area (TPSA) is 35.5 Å². The summed E-state index contributed by atoms with van der Waals surface area (Å²) in [6.45, 7) is 0. The van der Waals surface area contributed by atoms with Crippen molar-refractivity contribution in [3.05, 3.63) is 131 Å². The van der Waals surface area contributed by atoms with Crippen LogP contribution in [0.15, 0.2) is 109 Å². The molecule has 1 aliphatic rings. The molecule has 0 aliphatic carbocycles. The van der Waals surface area contributed by atoms with Gasteiger partial charge in [-0.05, 0) is 12.1 Å². The maximum atomic E-state index is 13.4. The quantitative estimate of drug-likeness (QED) is 0.434. The van der Waals surface area contributed by atoms with Crippen molar-refractivity contribution in [3.63, 3.8) is 0 Å². The van der Waals surface area contributed by atoms with E-state index in [1.807, 2.05) is 109 Å². The summed E-state index contributed by atoms with van der Waals surface area (Å²) >= 11 is 0. The van der Waals surface area contributed by atoms with Gasteiger partial charge in [-0.2, -0.15) is 0 Å². The number of ether oxygens (including phenoxy) is 2. The minimum absolute atomic E-state index is 0.0698. The summed E-state index contributed by atoms with van der Waals surface area (Å²) in [6, 6.07) is 34.0. The third-order valence-electron chi connectivity index (χ3n) is 5.07. The molecule has 4 aromatic carbocycles. The van der Waals surface area contributed by atoms with E-state index in [1.54, 1.807) is 0 Å². The maximum Gasteiger partial charge on any atom is 0.306 e. The van der Waals surface area contributed by atoms with Crippen LogP contribution in [0.25, 0.3) is 0 Å². The summed E-state index contributed by atoms with van der Waals surface area (Å²) in [5.74, 6) is 0.00250. The first kappa shape index (κ1) is 17.3. The van der Waals surface area contributed by atoms with Gasteiger partial charge in [0.1, 0.15) is 0 Å². The van der Waals surface area contributed by atoms with Gasteiger partial charge in [0.25, 0.3) is 0 Å². The summed E-state index contributed by atoms with van der Waals surface area (Å²) in [6.07, 6.45) is 0. The molecule has 140 valence electrons. The molecule has 0 bridgehead atoms. The van der Waals surface area contributed by atoms with E-state index < -0.39 is 5.79 Å². The summed E-state index contributed by atoms with van der Waals surface area (Å²) < 4.78 is 12.8. The van der Waals surface area contributed by atoms with Crippen LogP contribution in [0, 0.1) is 0 Å². The first-order chi connectivity index (χ1) is 14.3. The number of para-hydroxylation sites is 2. The number of rotatable bonds is 4. The fourth-order valence-electron chi connectivity index (χ4n) is 3.70. The third kappa shape index (κ3) is 2.88. The normalized spacial score (nSPS) is 13.8. The zero-order valence-corrected chi connectivity index (χ0v) is 15.6. The highest BCUT2D eigenvalue weighted by molar-refractivity contribution is 6.10. The Bertz CT molecular complexity index is 1140. The molecule has 1 heterocycles. The first-order valence-electron chi connectivity index (χ1n) is 9.50. The predicted octanol–water partition coefficient (Wildman–Crippen LogP) is 5.59. The molecule has 0 fully saturated rings. The van der Waals surface area contributed by atoms with Gasteiger partial charge in [0.15, 0.2) is 17.3 Å². The van der Waals surface area contributed by atoms with Crippen LogP contribution in [0.2, 0.25) is 0 Å². The lowest BCUT2D eigenvalue weighted by atomic mass is 9.89. The molecule has 0 unspecified atom stereocenters. The van der Waals surface area contributed by atoms with Crippen LogP contribution < -0.4 is 9.47 Å². The van der Waals surface area contributed by atoms with E-state index >= 15 is 0 Å². The number of benzene rings is 4.